The van der Waals surface area contributed by atoms with Gasteiger partial charge in [0.1, 0.15) is 4.90 Å². The van der Waals surface area contributed by atoms with Gasteiger partial charge in [-0.25, -0.2) is 13.1 Å². The molecule has 0 aliphatic heterocycles. The highest BCUT2D eigenvalue weighted by Crippen LogP contribution is 2.21. The lowest BCUT2D eigenvalue weighted by Gasteiger charge is -2.15. The van der Waals surface area contributed by atoms with Gasteiger partial charge < -0.3 is 10.4 Å². The van der Waals surface area contributed by atoms with Crippen LogP contribution in [-0.2, 0) is 10.0 Å². The molecule has 0 aliphatic carbocycles. The number of para-hydroxylation sites is 1. The fourth-order valence-electron chi connectivity index (χ4n) is 1.84. The minimum Gasteiger partial charge on any atom is -0.393 e. The summed E-state index contributed by atoms with van der Waals surface area (Å²) in [6.45, 7) is 5.94. The normalized spacial score (nSPS) is 13.4. The molecule has 0 radical (unpaired) electrons. The van der Waals surface area contributed by atoms with E-state index < -0.39 is 10.0 Å². The molecular formula is C14H24N2O3S. The molecule has 1 aromatic rings. The molecule has 1 atom stereocenters. The number of aliphatic hydroxyl groups excluding tert-OH is 1. The van der Waals surface area contributed by atoms with Gasteiger partial charge in [-0.15, -0.1) is 0 Å². The summed E-state index contributed by atoms with van der Waals surface area (Å²) >= 11 is 0. The Morgan fingerprint density at radius 2 is 1.85 bits per heavy atom. The molecule has 0 aromatic heterocycles. The zero-order valence-electron chi connectivity index (χ0n) is 12.3. The van der Waals surface area contributed by atoms with E-state index in [0.717, 1.165) is 6.42 Å². The van der Waals surface area contributed by atoms with E-state index in [1.807, 2.05) is 0 Å². The fraction of sp³-hybridized carbons (Fsp3) is 0.571. The van der Waals surface area contributed by atoms with Crippen LogP contribution in [0.4, 0.5) is 5.69 Å². The topological polar surface area (TPSA) is 78.4 Å². The Bertz CT molecular complexity index is 513. The van der Waals surface area contributed by atoms with E-state index in [2.05, 4.69) is 10.0 Å². The summed E-state index contributed by atoms with van der Waals surface area (Å²) in [5.74, 6) is 0. The van der Waals surface area contributed by atoms with Gasteiger partial charge in [-0.2, -0.15) is 0 Å². The quantitative estimate of drug-likeness (QED) is 0.641. The number of anilines is 1. The molecule has 5 nitrogen and oxygen atoms in total. The van der Waals surface area contributed by atoms with E-state index in [-0.39, 0.29) is 17.0 Å². The molecule has 0 aliphatic rings. The van der Waals surface area contributed by atoms with Crippen molar-refractivity contribution in [1.29, 1.82) is 0 Å². The van der Waals surface area contributed by atoms with Crippen molar-refractivity contribution < 1.29 is 13.5 Å². The highest BCUT2D eigenvalue weighted by Gasteiger charge is 2.18. The average Bonchev–Trinajstić information content (AvgIpc) is 2.33. The molecule has 0 saturated heterocycles. The van der Waals surface area contributed by atoms with Crippen molar-refractivity contribution in [2.45, 2.75) is 50.7 Å². The van der Waals surface area contributed by atoms with Crippen molar-refractivity contribution in [2.75, 3.05) is 11.9 Å². The predicted molar refractivity (Wildman–Crippen MR) is 81.3 cm³/mol. The molecular weight excluding hydrogens is 276 g/mol. The van der Waals surface area contributed by atoms with Crippen LogP contribution >= 0.6 is 0 Å². The minimum absolute atomic E-state index is 0.150. The number of aliphatic hydroxyl groups is 1. The number of sulfonamides is 1. The molecule has 1 aromatic carbocycles. The summed E-state index contributed by atoms with van der Waals surface area (Å²) < 4.78 is 27.0. The molecule has 20 heavy (non-hydrogen) atoms. The first kappa shape index (κ1) is 16.9. The standard InChI is InChI=1S/C14H24N2O3S/c1-11(2)16-20(18,19)14-9-5-4-8-13(14)15-10-6-7-12(3)17/h4-5,8-9,11-12,15-17H,6-7,10H2,1-3H3. The zero-order valence-corrected chi connectivity index (χ0v) is 13.1. The Morgan fingerprint density at radius 1 is 1.20 bits per heavy atom. The van der Waals surface area contributed by atoms with Gasteiger partial charge >= 0.3 is 0 Å². The second kappa shape index (κ2) is 7.61. The van der Waals surface area contributed by atoms with Crippen LogP contribution in [0, 0.1) is 0 Å². The third-order valence-electron chi connectivity index (χ3n) is 2.68. The molecule has 0 saturated carbocycles. The first-order valence-electron chi connectivity index (χ1n) is 6.86. The van der Waals surface area contributed by atoms with E-state index in [4.69, 9.17) is 0 Å². The molecule has 0 spiro atoms. The maximum atomic E-state index is 12.2. The van der Waals surface area contributed by atoms with Crippen LogP contribution in [0.25, 0.3) is 0 Å². The highest BCUT2D eigenvalue weighted by atomic mass is 32.2. The SMILES string of the molecule is CC(O)CCCNc1ccccc1S(=O)(=O)NC(C)C. The van der Waals surface area contributed by atoms with Gasteiger partial charge in [0.05, 0.1) is 11.8 Å². The first-order valence-corrected chi connectivity index (χ1v) is 8.34. The summed E-state index contributed by atoms with van der Waals surface area (Å²) in [7, 11) is -3.51. The average molecular weight is 300 g/mol. The lowest BCUT2D eigenvalue weighted by Crippen LogP contribution is -2.30. The van der Waals surface area contributed by atoms with Crippen molar-refractivity contribution in [1.82, 2.24) is 4.72 Å². The summed E-state index contributed by atoms with van der Waals surface area (Å²) in [4.78, 5) is 0.255. The molecule has 1 rings (SSSR count). The number of hydrogen-bond acceptors (Lipinski definition) is 4. The van der Waals surface area contributed by atoms with Crippen molar-refractivity contribution in [3.8, 4) is 0 Å². The third-order valence-corrected chi connectivity index (χ3v) is 4.40. The lowest BCUT2D eigenvalue weighted by atomic mass is 10.2. The summed E-state index contributed by atoms with van der Waals surface area (Å²) in [6.07, 6.45) is 1.13. The van der Waals surface area contributed by atoms with Crippen molar-refractivity contribution in [3.05, 3.63) is 24.3 Å². The highest BCUT2D eigenvalue weighted by molar-refractivity contribution is 7.89. The minimum atomic E-state index is -3.51. The van der Waals surface area contributed by atoms with Gasteiger partial charge in [-0.1, -0.05) is 12.1 Å². The van der Waals surface area contributed by atoms with E-state index in [9.17, 15) is 13.5 Å². The van der Waals surface area contributed by atoms with Gasteiger partial charge in [0.15, 0.2) is 0 Å². The fourth-order valence-corrected chi connectivity index (χ4v) is 3.28. The smallest absolute Gasteiger partial charge is 0.242 e. The lowest BCUT2D eigenvalue weighted by molar-refractivity contribution is 0.183. The number of benzene rings is 1. The molecule has 0 fully saturated rings. The van der Waals surface area contributed by atoms with E-state index >= 15 is 0 Å². The van der Waals surface area contributed by atoms with Crippen LogP contribution < -0.4 is 10.0 Å². The van der Waals surface area contributed by atoms with Crippen LogP contribution in [-0.4, -0.2) is 32.2 Å². The Kier molecular flexibility index (Phi) is 6.45. The van der Waals surface area contributed by atoms with Crippen LogP contribution in [0.2, 0.25) is 0 Å². The first-order chi connectivity index (χ1) is 9.33. The number of hydrogen-bond donors (Lipinski definition) is 3. The Balaban J connectivity index is 2.78. The monoisotopic (exact) mass is 300 g/mol. The van der Waals surface area contributed by atoms with E-state index in [1.54, 1.807) is 45.0 Å². The Morgan fingerprint density at radius 3 is 2.45 bits per heavy atom. The molecule has 6 heteroatoms. The number of nitrogens with one attached hydrogen (secondary N) is 2. The molecule has 1 unspecified atom stereocenters. The van der Waals surface area contributed by atoms with Crippen molar-refractivity contribution in [2.24, 2.45) is 0 Å². The molecule has 3 N–H and O–H groups in total. The van der Waals surface area contributed by atoms with Gasteiger partial charge in [-0.05, 0) is 45.7 Å². The zero-order chi connectivity index (χ0) is 15.2. The summed E-state index contributed by atoms with van der Waals surface area (Å²) in [5, 5.41) is 12.3. The Hall–Kier alpha value is -1.11. The van der Waals surface area contributed by atoms with Crippen LogP contribution in [0.1, 0.15) is 33.6 Å². The van der Waals surface area contributed by atoms with Crippen molar-refractivity contribution >= 4 is 15.7 Å². The third kappa shape index (κ3) is 5.48. The van der Waals surface area contributed by atoms with Gasteiger partial charge in [0, 0.05) is 12.6 Å². The Labute approximate surface area is 121 Å². The van der Waals surface area contributed by atoms with Gasteiger partial charge in [0.2, 0.25) is 10.0 Å². The number of rotatable bonds is 8. The van der Waals surface area contributed by atoms with Crippen molar-refractivity contribution in [3.63, 3.8) is 0 Å². The maximum absolute atomic E-state index is 12.2. The van der Waals surface area contributed by atoms with Crippen LogP contribution in [0.5, 0.6) is 0 Å². The van der Waals surface area contributed by atoms with E-state index in [0.29, 0.717) is 18.7 Å². The van der Waals surface area contributed by atoms with Gasteiger partial charge in [-0.3, -0.25) is 0 Å². The molecule has 114 valence electrons. The second-order valence-corrected chi connectivity index (χ2v) is 6.87. The van der Waals surface area contributed by atoms with Crippen LogP contribution in [0.3, 0.4) is 0 Å². The molecule has 0 heterocycles. The summed E-state index contributed by atoms with van der Waals surface area (Å²) in [5.41, 5.74) is 0.589. The predicted octanol–water partition coefficient (Wildman–Crippen LogP) is 1.95. The van der Waals surface area contributed by atoms with E-state index in [1.165, 1.54) is 0 Å². The van der Waals surface area contributed by atoms with Crippen LogP contribution in [0.15, 0.2) is 29.2 Å². The molecule has 0 amide bonds. The summed E-state index contributed by atoms with van der Waals surface area (Å²) in [6, 6.07) is 6.68. The molecule has 0 bridgehead atoms. The second-order valence-electron chi connectivity index (χ2n) is 5.19. The van der Waals surface area contributed by atoms with Gasteiger partial charge in [0.25, 0.3) is 0 Å². The maximum Gasteiger partial charge on any atom is 0.242 e. The largest absolute Gasteiger partial charge is 0.393 e.